The highest BCUT2D eigenvalue weighted by molar-refractivity contribution is 5.97. The molecule has 0 saturated carbocycles. The van der Waals surface area contributed by atoms with Crippen LogP contribution in [0.25, 0.3) is 6.08 Å². The topological polar surface area (TPSA) is 70.7 Å². The number of nitrogens with one attached hydrogen (secondary N) is 1. The van der Waals surface area contributed by atoms with Crippen LogP contribution in [0.5, 0.6) is 0 Å². The van der Waals surface area contributed by atoms with Gasteiger partial charge in [0, 0.05) is 11.8 Å². The number of fused-ring (bicyclic) bond motifs is 1. The number of hydrazone groups is 1. The van der Waals surface area contributed by atoms with Gasteiger partial charge in [0.25, 0.3) is 0 Å². The van der Waals surface area contributed by atoms with Crippen LogP contribution in [0.3, 0.4) is 0 Å². The first-order valence-corrected chi connectivity index (χ1v) is 4.43. The van der Waals surface area contributed by atoms with Crippen molar-refractivity contribution in [2.45, 2.75) is 0 Å². The van der Waals surface area contributed by atoms with Gasteiger partial charge < -0.3 is 0 Å². The van der Waals surface area contributed by atoms with Crippen LogP contribution in [0.2, 0.25) is 0 Å². The quantitative estimate of drug-likeness (QED) is 0.375. The molecule has 0 atom stereocenters. The molecule has 0 unspecified atom stereocenters. The summed E-state index contributed by atoms with van der Waals surface area (Å²) in [4.78, 5) is 11.4. The monoisotopic (exact) mass is 202 g/mol. The zero-order valence-electron chi connectivity index (χ0n) is 7.92. The van der Waals surface area contributed by atoms with E-state index in [-0.39, 0.29) is 0 Å². The first-order chi connectivity index (χ1) is 7.33. The van der Waals surface area contributed by atoms with Gasteiger partial charge in [-0.2, -0.15) is 10.1 Å². The van der Waals surface area contributed by atoms with E-state index in [1.54, 1.807) is 12.1 Å². The Morgan fingerprint density at radius 1 is 1.40 bits per heavy atom. The lowest BCUT2D eigenvalue weighted by molar-refractivity contribution is 0.247. The van der Waals surface area contributed by atoms with Crippen LogP contribution in [0.4, 0.5) is 10.5 Å². The van der Waals surface area contributed by atoms with Gasteiger partial charge in [0.15, 0.2) is 0 Å². The maximum atomic E-state index is 11.4. The summed E-state index contributed by atoms with van der Waals surface area (Å²) in [6.45, 7) is 0. The fourth-order valence-electron chi connectivity index (χ4n) is 1.36. The maximum Gasteiger partial charge on any atom is 0.356 e. The molecule has 0 aromatic heterocycles. The van der Waals surface area contributed by atoms with Gasteiger partial charge in [0.05, 0.1) is 5.69 Å². The zero-order chi connectivity index (χ0) is 10.7. The van der Waals surface area contributed by atoms with Crippen molar-refractivity contribution in [1.29, 1.82) is 0 Å². The van der Waals surface area contributed by atoms with Gasteiger partial charge in [-0.05, 0) is 12.1 Å². The van der Waals surface area contributed by atoms with Crippen LogP contribution in [0.1, 0.15) is 5.56 Å². The number of urea groups is 1. The number of rotatable bonds is 0. The highest BCUT2D eigenvalue weighted by Gasteiger charge is 2.16. The SMILES string of the molecule is NNC(=O)N1N=CC=Cc2ccccc21. The van der Waals surface area contributed by atoms with Crippen molar-refractivity contribution in [2.24, 2.45) is 10.9 Å². The van der Waals surface area contributed by atoms with E-state index in [1.807, 2.05) is 29.7 Å². The molecule has 0 radical (unpaired) electrons. The molecule has 1 aromatic carbocycles. The van der Waals surface area contributed by atoms with E-state index in [1.165, 1.54) is 11.2 Å². The molecule has 5 nitrogen and oxygen atoms in total. The minimum atomic E-state index is -0.470. The number of nitrogens with zero attached hydrogens (tertiary/aromatic N) is 2. The summed E-state index contributed by atoms with van der Waals surface area (Å²) in [5.41, 5.74) is 3.66. The molecular weight excluding hydrogens is 192 g/mol. The van der Waals surface area contributed by atoms with E-state index in [0.29, 0.717) is 5.69 Å². The molecule has 1 aromatic rings. The number of carbonyl (C=O) groups is 1. The standard InChI is InChI=1S/C10H10N4O/c11-13-10(15)14-9-6-2-1-4-8(9)5-3-7-12-14/h1-7H,11H2,(H,13,15). The average molecular weight is 202 g/mol. The third kappa shape index (κ3) is 1.72. The van der Waals surface area contributed by atoms with Gasteiger partial charge in [-0.3, -0.25) is 5.43 Å². The van der Waals surface area contributed by atoms with Crippen molar-refractivity contribution >= 4 is 24.0 Å². The van der Waals surface area contributed by atoms with Crippen LogP contribution in [-0.4, -0.2) is 12.2 Å². The molecule has 2 amide bonds. The van der Waals surface area contributed by atoms with E-state index < -0.39 is 6.03 Å². The largest absolute Gasteiger partial charge is 0.356 e. The maximum absolute atomic E-state index is 11.4. The molecule has 1 aliphatic heterocycles. The number of amides is 2. The molecule has 0 fully saturated rings. The summed E-state index contributed by atoms with van der Waals surface area (Å²) in [6.07, 6.45) is 5.18. The number of allylic oxidation sites excluding steroid dienone is 1. The van der Waals surface area contributed by atoms with Crippen molar-refractivity contribution in [1.82, 2.24) is 5.43 Å². The van der Waals surface area contributed by atoms with E-state index >= 15 is 0 Å². The molecular formula is C10H10N4O. The number of hydrazine groups is 1. The highest BCUT2D eigenvalue weighted by Crippen LogP contribution is 2.23. The summed E-state index contributed by atoms with van der Waals surface area (Å²) < 4.78 is 0. The lowest BCUT2D eigenvalue weighted by Crippen LogP contribution is -2.40. The number of anilines is 1. The molecule has 1 heterocycles. The Morgan fingerprint density at radius 2 is 2.20 bits per heavy atom. The van der Waals surface area contributed by atoms with Gasteiger partial charge in [-0.15, -0.1) is 0 Å². The normalized spacial score (nSPS) is 13.3. The Morgan fingerprint density at radius 3 is 3.00 bits per heavy atom. The van der Waals surface area contributed by atoms with Gasteiger partial charge in [0.1, 0.15) is 0 Å². The van der Waals surface area contributed by atoms with Gasteiger partial charge in [-0.1, -0.05) is 24.3 Å². The predicted octanol–water partition coefficient (Wildman–Crippen LogP) is 1.09. The Balaban J connectivity index is 2.48. The van der Waals surface area contributed by atoms with E-state index in [0.717, 1.165) is 5.56 Å². The molecule has 0 saturated heterocycles. The van der Waals surface area contributed by atoms with Crippen LogP contribution in [0, 0.1) is 0 Å². The lowest BCUT2D eigenvalue weighted by atomic mass is 10.1. The Labute approximate surface area is 86.8 Å². The van der Waals surface area contributed by atoms with E-state index in [2.05, 4.69) is 5.10 Å². The summed E-state index contributed by atoms with van der Waals surface area (Å²) in [5, 5.41) is 5.18. The first-order valence-electron chi connectivity index (χ1n) is 4.43. The minimum Gasteiger partial charge on any atom is -0.274 e. The molecule has 1 aliphatic rings. The molecule has 76 valence electrons. The van der Waals surface area contributed by atoms with E-state index in [9.17, 15) is 4.79 Å². The number of benzene rings is 1. The molecule has 0 aliphatic carbocycles. The van der Waals surface area contributed by atoms with Gasteiger partial charge >= 0.3 is 6.03 Å². The molecule has 15 heavy (non-hydrogen) atoms. The number of carbonyl (C=O) groups excluding carboxylic acids is 1. The van der Waals surface area contributed by atoms with Crippen molar-refractivity contribution in [3.05, 3.63) is 35.9 Å². The number of hydrogen-bond donors (Lipinski definition) is 2. The third-order valence-corrected chi connectivity index (χ3v) is 2.02. The molecule has 0 spiro atoms. The van der Waals surface area contributed by atoms with E-state index in [4.69, 9.17) is 5.84 Å². The number of para-hydroxylation sites is 1. The van der Waals surface area contributed by atoms with Gasteiger partial charge in [-0.25, -0.2) is 10.6 Å². The minimum absolute atomic E-state index is 0.470. The van der Waals surface area contributed by atoms with Crippen LogP contribution < -0.4 is 16.3 Å². The second-order valence-electron chi connectivity index (χ2n) is 2.94. The predicted molar refractivity (Wildman–Crippen MR) is 59.2 cm³/mol. The van der Waals surface area contributed by atoms with Crippen molar-refractivity contribution in [3.8, 4) is 0 Å². The molecule has 5 heteroatoms. The van der Waals surface area contributed by atoms with Crippen LogP contribution in [0.15, 0.2) is 35.4 Å². The molecule has 0 bridgehead atoms. The third-order valence-electron chi connectivity index (χ3n) is 2.02. The highest BCUT2D eigenvalue weighted by atomic mass is 16.2. The fourth-order valence-corrected chi connectivity index (χ4v) is 1.36. The lowest BCUT2D eigenvalue weighted by Gasteiger charge is -2.16. The van der Waals surface area contributed by atoms with Crippen LogP contribution in [-0.2, 0) is 0 Å². The Bertz CT molecular complexity index is 439. The van der Waals surface area contributed by atoms with Crippen molar-refractivity contribution < 1.29 is 4.79 Å². The second-order valence-corrected chi connectivity index (χ2v) is 2.94. The summed E-state index contributed by atoms with van der Waals surface area (Å²) in [6, 6.07) is 6.97. The van der Waals surface area contributed by atoms with Crippen molar-refractivity contribution in [3.63, 3.8) is 0 Å². The van der Waals surface area contributed by atoms with Crippen molar-refractivity contribution in [2.75, 3.05) is 5.01 Å². The molecule has 2 rings (SSSR count). The fraction of sp³-hybridized carbons (Fsp3) is 0. The zero-order valence-corrected chi connectivity index (χ0v) is 7.92. The number of nitrogens with two attached hydrogens (primary N) is 1. The molecule has 3 N–H and O–H groups in total. The number of hydrogen-bond acceptors (Lipinski definition) is 3. The van der Waals surface area contributed by atoms with Crippen LogP contribution >= 0.6 is 0 Å². The van der Waals surface area contributed by atoms with Gasteiger partial charge in [0.2, 0.25) is 0 Å². The Kier molecular flexibility index (Phi) is 2.47. The first kappa shape index (κ1) is 9.42. The average Bonchev–Trinajstić information content (AvgIpc) is 2.50. The second kappa shape index (κ2) is 3.93. The summed E-state index contributed by atoms with van der Waals surface area (Å²) in [7, 11) is 0. The summed E-state index contributed by atoms with van der Waals surface area (Å²) in [5.74, 6) is 5.08. The smallest absolute Gasteiger partial charge is 0.274 e. The Hall–Kier alpha value is -2.14. The summed E-state index contributed by atoms with van der Waals surface area (Å²) >= 11 is 0.